The summed E-state index contributed by atoms with van der Waals surface area (Å²) < 4.78 is 31.3. The first-order chi connectivity index (χ1) is 15.4. The maximum Gasteiger partial charge on any atom is 1.00 e. The van der Waals surface area contributed by atoms with Gasteiger partial charge in [-0.25, -0.2) is 9.10 Å². The first-order valence-corrected chi connectivity index (χ1v) is 11.5. The fraction of sp³-hybridized carbons (Fsp3) is 0.389. The van der Waals surface area contributed by atoms with Crippen LogP contribution in [0, 0.1) is 0 Å². The molecular weight excluding hydrogens is 505 g/mol. The van der Waals surface area contributed by atoms with Crippen LogP contribution in [0.3, 0.4) is 0 Å². The van der Waals surface area contributed by atoms with Crippen molar-refractivity contribution in [1.82, 2.24) is 24.7 Å². The van der Waals surface area contributed by atoms with Crippen LogP contribution >= 0.6 is 11.6 Å². The van der Waals surface area contributed by atoms with Crippen LogP contribution in [0.25, 0.3) is 0 Å². The van der Waals surface area contributed by atoms with Crippen LogP contribution in [0.15, 0.2) is 24.3 Å². The summed E-state index contributed by atoms with van der Waals surface area (Å²) in [5.74, 6) is -3.83. The summed E-state index contributed by atoms with van der Waals surface area (Å²) in [5, 5.41) is 5.00. The van der Waals surface area contributed by atoms with Gasteiger partial charge in [0.2, 0.25) is 5.91 Å². The molecule has 6 amide bonds. The Kier molecular flexibility index (Phi) is 9.07. The van der Waals surface area contributed by atoms with Crippen molar-refractivity contribution in [3.05, 3.63) is 34.9 Å². The molecule has 2 saturated heterocycles. The molecule has 2 heterocycles. The summed E-state index contributed by atoms with van der Waals surface area (Å²) in [5.41, 5.74) is 0.245. The van der Waals surface area contributed by atoms with Crippen molar-refractivity contribution in [3.63, 3.8) is 0 Å². The summed E-state index contributed by atoms with van der Waals surface area (Å²) >= 11 is 5.87. The maximum atomic E-state index is 12.9. The summed E-state index contributed by atoms with van der Waals surface area (Å²) in [6, 6.07) is 2.11. The number of likely N-dealkylation sites (N-methyl/N-ethyl adjacent to an activating group) is 1. The molecule has 3 N–H and O–H groups in total. The average molecular weight is 526 g/mol. The van der Waals surface area contributed by atoms with Gasteiger partial charge < -0.3 is 17.0 Å². The number of urea groups is 1. The quantitative estimate of drug-likeness (QED) is 0.146. The molecule has 34 heavy (non-hydrogen) atoms. The fourth-order valence-corrected chi connectivity index (χ4v) is 4.11. The van der Waals surface area contributed by atoms with E-state index in [1.54, 1.807) is 6.92 Å². The molecule has 0 saturated carbocycles. The van der Waals surface area contributed by atoms with E-state index in [-0.39, 0.29) is 53.9 Å². The number of imide groups is 1. The second-order valence-corrected chi connectivity index (χ2v) is 8.96. The molecule has 0 spiro atoms. The van der Waals surface area contributed by atoms with Crippen molar-refractivity contribution >= 4 is 51.6 Å². The van der Waals surface area contributed by atoms with Crippen LogP contribution in [0.4, 0.5) is 4.79 Å². The zero-order valence-corrected chi connectivity index (χ0v) is 21.8. The van der Waals surface area contributed by atoms with E-state index in [9.17, 15) is 32.4 Å². The Morgan fingerprint density at radius 3 is 2.32 bits per heavy atom. The van der Waals surface area contributed by atoms with E-state index in [0.717, 1.165) is 0 Å². The van der Waals surface area contributed by atoms with E-state index in [4.69, 9.17) is 16.2 Å². The number of halogens is 1. The molecule has 3 rings (SSSR count). The third kappa shape index (κ3) is 5.87. The van der Waals surface area contributed by atoms with Crippen molar-refractivity contribution in [2.75, 3.05) is 26.2 Å². The normalized spacial score (nSPS) is 19.2. The Morgan fingerprint density at radius 2 is 1.79 bits per heavy atom. The monoisotopic (exact) mass is 525 g/mol. The molecule has 2 aliphatic heterocycles. The van der Waals surface area contributed by atoms with Gasteiger partial charge in [0.25, 0.3) is 5.91 Å². The maximum absolute atomic E-state index is 12.9. The Hall–Kier alpha value is -2.23. The van der Waals surface area contributed by atoms with Gasteiger partial charge in [-0.2, -0.15) is 8.42 Å². The van der Waals surface area contributed by atoms with Crippen molar-refractivity contribution in [2.45, 2.75) is 19.0 Å². The standard InChI is InChI=1S/C18H20ClN5O8S.Na.H/c1-2-22-7-8-23(17(28)16(22)27)18(29)21-13(10-3-5-11(19)6-4-10)14(25)20-12-9-24(15(12)26)33(30,31)32;;/h3-6,12-13H,2,7-9H2,1H3,(H,20,25)(H,21,29)(H,30,31,32);;/q;+1;-1. The van der Waals surface area contributed by atoms with Crippen LogP contribution in [-0.4, -0.2) is 89.0 Å². The second kappa shape index (κ2) is 11.0. The summed E-state index contributed by atoms with van der Waals surface area (Å²) in [6.07, 6.45) is 0. The number of hydrogen-bond acceptors (Lipinski definition) is 7. The zero-order chi connectivity index (χ0) is 24.5. The van der Waals surface area contributed by atoms with E-state index >= 15 is 0 Å². The molecule has 1 aromatic rings. The Bertz CT molecular complexity index is 1120. The number of carbonyl (C=O) groups is 5. The molecule has 2 unspecified atom stereocenters. The summed E-state index contributed by atoms with van der Waals surface area (Å²) in [4.78, 5) is 63.9. The minimum Gasteiger partial charge on any atom is -1.00 e. The van der Waals surface area contributed by atoms with Gasteiger partial charge in [-0.1, -0.05) is 23.7 Å². The SMILES string of the molecule is CCN1CCN(C(=O)NC(C(=O)NC2CN(S(=O)(=O)O)C2=O)c2ccc(Cl)cc2)C(=O)C1=O.[H-].[Na+]. The van der Waals surface area contributed by atoms with Gasteiger partial charge in [0.05, 0.1) is 6.54 Å². The van der Waals surface area contributed by atoms with Gasteiger partial charge in [0.15, 0.2) is 0 Å². The predicted octanol–water partition coefficient (Wildman–Crippen LogP) is -3.97. The first kappa shape index (κ1) is 28.0. The average Bonchev–Trinajstić information content (AvgIpc) is 2.75. The number of nitrogens with zero attached hydrogens (tertiary/aromatic N) is 3. The number of carbonyl (C=O) groups excluding carboxylic acids is 5. The molecule has 0 radical (unpaired) electrons. The van der Waals surface area contributed by atoms with Crippen molar-refractivity contribution in [1.29, 1.82) is 0 Å². The van der Waals surface area contributed by atoms with E-state index < -0.39 is 58.6 Å². The van der Waals surface area contributed by atoms with Gasteiger partial charge >= 0.3 is 57.7 Å². The van der Waals surface area contributed by atoms with Gasteiger partial charge in [-0.15, -0.1) is 0 Å². The number of nitrogens with one attached hydrogen (secondary N) is 2. The molecule has 2 fully saturated rings. The molecule has 13 nitrogen and oxygen atoms in total. The van der Waals surface area contributed by atoms with Crippen molar-refractivity contribution in [2.24, 2.45) is 0 Å². The van der Waals surface area contributed by atoms with Crippen molar-refractivity contribution < 1.29 is 67.9 Å². The Balaban J connectivity index is 0.00000306. The number of piperazine rings is 1. The minimum atomic E-state index is -4.74. The molecule has 180 valence electrons. The molecule has 0 bridgehead atoms. The number of β-lactam (4-membered cyclic amide) rings is 1. The third-order valence-corrected chi connectivity index (χ3v) is 6.29. The van der Waals surface area contributed by atoms with Crippen LogP contribution in [0.2, 0.25) is 5.02 Å². The van der Waals surface area contributed by atoms with Crippen molar-refractivity contribution in [3.8, 4) is 0 Å². The van der Waals surface area contributed by atoms with E-state index in [1.165, 1.54) is 29.2 Å². The van der Waals surface area contributed by atoms with E-state index in [2.05, 4.69) is 10.6 Å². The Labute approximate surface area is 223 Å². The van der Waals surface area contributed by atoms with E-state index in [1.807, 2.05) is 0 Å². The molecule has 0 aromatic heterocycles. The molecule has 0 aliphatic carbocycles. The van der Waals surface area contributed by atoms with Gasteiger partial charge in [0, 0.05) is 24.7 Å². The van der Waals surface area contributed by atoms with Gasteiger partial charge in [-0.3, -0.25) is 28.6 Å². The van der Waals surface area contributed by atoms with Gasteiger partial charge in [0.1, 0.15) is 12.1 Å². The number of rotatable bonds is 6. The Morgan fingerprint density at radius 1 is 1.18 bits per heavy atom. The zero-order valence-electron chi connectivity index (χ0n) is 19.2. The third-order valence-electron chi connectivity index (χ3n) is 5.16. The van der Waals surface area contributed by atoms with Gasteiger partial charge in [-0.05, 0) is 24.6 Å². The molecule has 16 heteroatoms. The van der Waals surface area contributed by atoms with E-state index in [0.29, 0.717) is 16.5 Å². The minimum absolute atomic E-state index is 0. The molecule has 1 aromatic carbocycles. The smallest absolute Gasteiger partial charge is 1.00 e. The van der Waals surface area contributed by atoms with Crippen LogP contribution in [0.5, 0.6) is 0 Å². The second-order valence-electron chi connectivity index (χ2n) is 7.18. The topological polar surface area (TPSA) is 173 Å². The number of benzene rings is 1. The number of hydrogen-bond donors (Lipinski definition) is 3. The molecule has 2 aliphatic rings. The first-order valence-electron chi connectivity index (χ1n) is 9.70. The number of amides is 6. The van der Waals surface area contributed by atoms with Crippen LogP contribution in [-0.2, 0) is 29.5 Å². The fourth-order valence-electron chi connectivity index (χ4n) is 3.29. The van der Waals surface area contributed by atoms with Crippen LogP contribution < -0.4 is 40.2 Å². The molecule has 2 atom stereocenters. The van der Waals surface area contributed by atoms with Crippen LogP contribution in [0.1, 0.15) is 20.0 Å². The predicted molar refractivity (Wildman–Crippen MR) is 113 cm³/mol. The largest absolute Gasteiger partial charge is 1.00 e. The molecular formula is C18H21ClN5NaO8S. The summed E-state index contributed by atoms with van der Waals surface area (Å²) in [7, 11) is -4.74. The summed E-state index contributed by atoms with van der Waals surface area (Å²) in [6.45, 7) is 1.55.